The molecule has 1 aliphatic heterocycles. The summed E-state index contributed by atoms with van der Waals surface area (Å²) < 4.78 is 12.2. The van der Waals surface area contributed by atoms with E-state index in [1.165, 1.54) is 22.1 Å². The summed E-state index contributed by atoms with van der Waals surface area (Å²) in [6.07, 6.45) is 10.7. The molecule has 1 saturated carbocycles. The average Bonchev–Trinajstić information content (AvgIpc) is 3.31. The summed E-state index contributed by atoms with van der Waals surface area (Å²) in [5.74, 6) is 0.869. The number of fused-ring (bicyclic) bond motifs is 1. The number of nitrogens with one attached hydrogen (secondary N) is 2. The molecule has 1 aromatic rings. The van der Waals surface area contributed by atoms with E-state index >= 15 is 0 Å². The van der Waals surface area contributed by atoms with E-state index in [9.17, 15) is 14.4 Å². The molecule has 196 valence electrons. The third kappa shape index (κ3) is 5.12. The zero-order valence-corrected chi connectivity index (χ0v) is 21.6. The second kappa shape index (κ2) is 10.8. The van der Waals surface area contributed by atoms with Crippen LogP contribution in [0.2, 0.25) is 0 Å². The first kappa shape index (κ1) is 25.8. The van der Waals surface area contributed by atoms with Crippen LogP contribution in [0.1, 0.15) is 72.8 Å². The molecular weight excluding hydrogens is 462 g/mol. The maximum atomic E-state index is 13.2. The van der Waals surface area contributed by atoms with Crippen LogP contribution in [0.3, 0.4) is 0 Å². The fourth-order valence-electron chi connectivity index (χ4n) is 5.17. The monoisotopic (exact) mass is 499 g/mol. The molecule has 4 rings (SSSR count). The highest BCUT2D eigenvalue weighted by molar-refractivity contribution is 6.01. The topological polar surface area (TPSA) is 115 Å². The Bertz CT molecular complexity index is 1070. The minimum Gasteiger partial charge on any atom is -0.497 e. The summed E-state index contributed by atoms with van der Waals surface area (Å²) in [6.45, 7) is 2.39. The maximum Gasteiger partial charge on any atom is 0.272 e. The fourth-order valence-corrected chi connectivity index (χ4v) is 5.17. The van der Waals surface area contributed by atoms with Gasteiger partial charge in [0.15, 0.2) is 11.5 Å². The van der Waals surface area contributed by atoms with Crippen molar-refractivity contribution in [1.82, 2.24) is 25.3 Å². The highest BCUT2D eigenvalue weighted by Gasteiger charge is 2.46. The third-order valence-electron chi connectivity index (χ3n) is 7.67. The number of rotatable bonds is 8. The number of allylic oxidation sites excluding steroid dienone is 3. The molecule has 3 aliphatic rings. The summed E-state index contributed by atoms with van der Waals surface area (Å²) in [6, 6.07) is 1.65. The molecule has 0 saturated heterocycles. The van der Waals surface area contributed by atoms with Crippen molar-refractivity contribution in [1.29, 1.82) is 0 Å². The minimum absolute atomic E-state index is 0.141. The molecule has 1 fully saturated rings. The fraction of sp³-hybridized carbons (Fsp3) is 0.615. The summed E-state index contributed by atoms with van der Waals surface area (Å²) in [4.78, 5) is 40.6. The molecule has 0 spiro atoms. The molecule has 2 N–H and O–H groups in total. The van der Waals surface area contributed by atoms with Crippen LogP contribution in [0.15, 0.2) is 29.7 Å². The molecule has 0 radical (unpaired) electrons. The van der Waals surface area contributed by atoms with Crippen LogP contribution < -0.4 is 10.6 Å². The molecule has 0 bridgehead atoms. The first-order valence-electron chi connectivity index (χ1n) is 12.7. The standard InChI is InChI=1S/C26H37N5O5/c1-26(25(34)28-18-8-6-5-7-9-18)16-31-20(24(33)30(26)2)15-19(29-31)23(32)27-13-12-17-10-11-21(35-3)22(14-17)36-4/h10-11,15,17-18H,5-9,12-14,16H2,1-4H3,(H,27,32)(H,28,34). The van der Waals surface area contributed by atoms with Crippen LogP contribution in [-0.2, 0) is 20.8 Å². The Morgan fingerprint density at radius 1 is 1.19 bits per heavy atom. The van der Waals surface area contributed by atoms with Gasteiger partial charge in [0.1, 0.15) is 17.0 Å². The maximum absolute atomic E-state index is 13.2. The molecular formula is C26H37N5O5. The molecule has 10 heteroatoms. The van der Waals surface area contributed by atoms with Crippen molar-refractivity contribution >= 4 is 17.7 Å². The van der Waals surface area contributed by atoms with Crippen molar-refractivity contribution < 1.29 is 23.9 Å². The van der Waals surface area contributed by atoms with E-state index in [-0.39, 0.29) is 41.9 Å². The predicted molar refractivity (Wildman–Crippen MR) is 133 cm³/mol. The zero-order valence-electron chi connectivity index (χ0n) is 21.6. The molecule has 2 heterocycles. The summed E-state index contributed by atoms with van der Waals surface area (Å²) in [5.41, 5.74) is -0.604. The van der Waals surface area contributed by atoms with Crippen molar-refractivity contribution in [3.8, 4) is 0 Å². The minimum atomic E-state index is -1.08. The van der Waals surface area contributed by atoms with Gasteiger partial charge in [-0.25, -0.2) is 0 Å². The summed E-state index contributed by atoms with van der Waals surface area (Å²) in [7, 11) is 4.86. The molecule has 10 nitrogen and oxygen atoms in total. The van der Waals surface area contributed by atoms with Gasteiger partial charge in [-0.3, -0.25) is 19.1 Å². The first-order chi connectivity index (χ1) is 17.3. The van der Waals surface area contributed by atoms with E-state index in [0.717, 1.165) is 43.6 Å². The number of aromatic nitrogens is 2. The molecule has 2 unspecified atom stereocenters. The lowest BCUT2D eigenvalue weighted by Crippen LogP contribution is -2.63. The van der Waals surface area contributed by atoms with Crippen molar-refractivity contribution in [3.63, 3.8) is 0 Å². The quantitative estimate of drug-likeness (QED) is 0.568. The predicted octanol–water partition coefficient (Wildman–Crippen LogP) is 2.38. The smallest absolute Gasteiger partial charge is 0.272 e. The van der Waals surface area contributed by atoms with Gasteiger partial charge in [-0.15, -0.1) is 0 Å². The van der Waals surface area contributed by atoms with Gasteiger partial charge in [0, 0.05) is 32.1 Å². The number of amides is 3. The lowest BCUT2D eigenvalue weighted by atomic mass is 9.92. The van der Waals surface area contributed by atoms with Crippen LogP contribution in [0, 0.1) is 5.92 Å². The van der Waals surface area contributed by atoms with E-state index in [2.05, 4.69) is 21.8 Å². The number of carbonyl (C=O) groups excluding carboxylic acids is 3. The molecule has 2 atom stereocenters. The Morgan fingerprint density at radius 3 is 2.64 bits per heavy atom. The Balaban J connectivity index is 1.37. The second-order valence-electron chi connectivity index (χ2n) is 10.1. The van der Waals surface area contributed by atoms with Crippen molar-refractivity contribution in [2.24, 2.45) is 5.92 Å². The highest BCUT2D eigenvalue weighted by Crippen LogP contribution is 2.28. The molecule has 36 heavy (non-hydrogen) atoms. The van der Waals surface area contributed by atoms with Crippen molar-refractivity contribution in [3.05, 3.63) is 41.1 Å². The van der Waals surface area contributed by atoms with E-state index in [4.69, 9.17) is 9.47 Å². The van der Waals surface area contributed by atoms with Crippen LogP contribution in [-0.4, -0.2) is 71.8 Å². The number of nitrogens with zero attached hydrogens (tertiary/aromatic N) is 3. The van der Waals surface area contributed by atoms with Gasteiger partial charge in [0.25, 0.3) is 11.8 Å². The van der Waals surface area contributed by atoms with Gasteiger partial charge in [0.05, 0.1) is 20.8 Å². The SMILES string of the molecule is COC1=C(OC)CC(CCNC(=O)c2cc3n(n2)CC(C)(C(=O)NC2CCCCC2)N(C)C3=O)C=C1. The number of carbonyl (C=O) groups is 3. The van der Waals surface area contributed by atoms with Crippen LogP contribution in [0.5, 0.6) is 0 Å². The zero-order chi connectivity index (χ0) is 25.9. The van der Waals surface area contributed by atoms with Gasteiger partial charge in [0.2, 0.25) is 5.91 Å². The van der Waals surface area contributed by atoms with Gasteiger partial charge >= 0.3 is 0 Å². The van der Waals surface area contributed by atoms with E-state index in [0.29, 0.717) is 18.7 Å². The Kier molecular flexibility index (Phi) is 7.70. The molecule has 0 aromatic carbocycles. The average molecular weight is 500 g/mol. The summed E-state index contributed by atoms with van der Waals surface area (Å²) in [5, 5.41) is 10.4. The molecule has 2 aliphatic carbocycles. The molecule has 1 aromatic heterocycles. The Labute approximate surface area is 212 Å². The number of likely N-dealkylation sites (N-methyl/N-ethyl adjacent to an activating group) is 1. The Morgan fingerprint density at radius 2 is 1.94 bits per heavy atom. The summed E-state index contributed by atoms with van der Waals surface area (Å²) >= 11 is 0. The van der Waals surface area contributed by atoms with E-state index in [1.807, 2.05) is 6.08 Å². The number of ether oxygens (including phenoxy) is 2. The first-order valence-corrected chi connectivity index (χ1v) is 12.7. The largest absolute Gasteiger partial charge is 0.497 e. The van der Waals surface area contributed by atoms with Crippen LogP contribution in [0.4, 0.5) is 0 Å². The number of hydrogen-bond donors (Lipinski definition) is 2. The van der Waals surface area contributed by atoms with Gasteiger partial charge in [-0.2, -0.15) is 5.10 Å². The number of methoxy groups -OCH3 is 2. The van der Waals surface area contributed by atoms with Crippen LogP contribution in [0.25, 0.3) is 0 Å². The Hall–Kier alpha value is -3.30. The lowest BCUT2D eigenvalue weighted by Gasteiger charge is -2.41. The third-order valence-corrected chi connectivity index (χ3v) is 7.67. The van der Waals surface area contributed by atoms with Crippen molar-refractivity contribution in [2.75, 3.05) is 27.8 Å². The highest BCUT2D eigenvalue weighted by atomic mass is 16.5. The molecule has 3 amide bonds. The van der Waals surface area contributed by atoms with Gasteiger partial charge in [-0.1, -0.05) is 25.3 Å². The number of hydrogen-bond acceptors (Lipinski definition) is 6. The second-order valence-corrected chi connectivity index (χ2v) is 10.1. The van der Waals surface area contributed by atoms with Crippen molar-refractivity contribution in [2.45, 2.75) is 70.0 Å². The lowest BCUT2D eigenvalue weighted by molar-refractivity contribution is -0.133. The van der Waals surface area contributed by atoms with Crippen LogP contribution >= 0.6 is 0 Å². The van der Waals surface area contributed by atoms with E-state index < -0.39 is 5.54 Å². The van der Waals surface area contributed by atoms with Gasteiger partial charge in [-0.05, 0) is 38.2 Å². The van der Waals surface area contributed by atoms with Gasteiger partial charge < -0.3 is 25.0 Å². The van der Waals surface area contributed by atoms with E-state index in [1.54, 1.807) is 28.2 Å². The normalized spacial score (nSPS) is 24.4.